The maximum Gasteiger partial charge on any atom is 0.0548 e. The van der Waals surface area contributed by atoms with Crippen LogP contribution < -0.4 is 5.32 Å². The second-order valence-electron chi connectivity index (χ2n) is 12.3. The Kier molecular flexibility index (Phi) is 6.84. The second-order valence-corrected chi connectivity index (χ2v) is 12.3. The van der Waals surface area contributed by atoms with E-state index in [0.717, 1.165) is 17.1 Å². The Morgan fingerprint density at radius 1 is 0.375 bits per heavy atom. The van der Waals surface area contributed by atoms with Crippen LogP contribution in [-0.4, -0.2) is 4.57 Å². The molecule has 0 aliphatic carbocycles. The molecule has 0 bridgehead atoms. The zero-order valence-electron chi connectivity index (χ0n) is 26.3. The number of aromatic nitrogens is 1. The summed E-state index contributed by atoms with van der Waals surface area (Å²) in [5, 5.41) is 8.76. The molecule has 9 aromatic rings. The first-order valence-corrected chi connectivity index (χ1v) is 16.4. The topological polar surface area (TPSA) is 17.0 Å². The highest BCUT2D eigenvalue weighted by molar-refractivity contribution is 6.18. The van der Waals surface area contributed by atoms with Gasteiger partial charge in [-0.1, -0.05) is 140 Å². The smallest absolute Gasteiger partial charge is 0.0548 e. The SMILES string of the molecule is c1ccc(-c2cccc(-c3ccc(Nc4ccc5c(c4-c4ccccc4)c4ccccc4n5-c4ccc5ccccc5c4)cc3)c2)cc1. The van der Waals surface area contributed by atoms with Gasteiger partial charge in [0, 0.05) is 33.4 Å². The zero-order chi connectivity index (χ0) is 31.9. The molecule has 0 aliphatic rings. The van der Waals surface area contributed by atoms with Crippen molar-refractivity contribution in [1.29, 1.82) is 0 Å². The molecular formula is C46H32N2. The first kappa shape index (κ1) is 27.9. The van der Waals surface area contributed by atoms with E-state index in [2.05, 4.69) is 198 Å². The fourth-order valence-corrected chi connectivity index (χ4v) is 7.07. The third-order valence-corrected chi connectivity index (χ3v) is 9.36. The minimum Gasteiger partial charge on any atom is -0.355 e. The van der Waals surface area contributed by atoms with Gasteiger partial charge in [-0.3, -0.25) is 0 Å². The van der Waals surface area contributed by atoms with Crippen LogP contribution >= 0.6 is 0 Å². The molecule has 8 aromatic carbocycles. The molecule has 9 rings (SSSR count). The quantitative estimate of drug-likeness (QED) is 0.198. The Hall–Kier alpha value is -6.38. The highest BCUT2D eigenvalue weighted by Gasteiger charge is 2.19. The van der Waals surface area contributed by atoms with Crippen molar-refractivity contribution in [2.45, 2.75) is 0 Å². The molecule has 0 atom stereocenters. The van der Waals surface area contributed by atoms with Crippen LogP contribution in [0.25, 0.3) is 71.6 Å². The standard InChI is InChI=1S/C46H32N2/c1-3-12-32(13-4-1)36-18-11-19-37(30-36)34-22-25-39(26-23-34)47-42-28-29-44-46(45(42)35-15-5-2-6-16-35)41-20-9-10-21-43(41)48(44)40-27-24-33-14-7-8-17-38(33)31-40/h1-31,47H. The van der Waals surface area contributed by atoms with Gasteiger partial charge in [0.05, 0.1) is 11.0 Å². The highest BCUT2D eigenvalue weighted by atomic mass is 15.0. The van der Waals surface area contributed by atoms with Crippen molar-refractivity contribution in [3.8, 4) is 39.1 Å². The summed E-state index contributed by atoms with van der Waals surface area (Å²) in [5.74, 6) is 0. The molecular weight excluding hydrogens is 581 g/mol. The van der Waals surface area contributed by atoms with Crippen LogP contribution in [0.5, 0.6) is 0 Å². The first-order chi connectivity index (χ1) is 23.8. The molecule has 1 aromatic heterocycles. The van der Waals surface area contributed by atoms with Gasteiger partial charge in [-0.2, -0.15) is 0 Å². The van der Waals surface area contributed by atoms with Crippen molar-refractivity contribution < 1.29 is 0 Å². The lowest BCUT2D eigenvalue weighted by Crippen LogP contribution is -1.97. The van der Waals surface area contributed by atoms with E-state index in [1.807, 2.05) is 0 Å². The van der Waals surface area contributed by atoms with Crippen molar-refractivity contribution in [2.24, 2.45) is 0 Å². The molecule has 0 aliphatic heterocycles. The number of nitrogens with one attached hydrogen (secondary N) is 1. The normalized spacial score (nSPS) is 11.3. The summed E-state index contributed by atoms with van der Waals surface area (Å²) in [6.45, 7) is 0. The molecule has 226 valence electrons. The summed E-state index contributed by atoms with van der Waals surface area (Å²) in [7, 11) is 0. The fourth-order valence-electron chi connectivity index (χ4n) is 7.07. The number of benzene rings is 8. The fraction of sp³-hybridized carbons (Fsp3) is 0. The van der Waals surface area contributed by atoms with Gasteiger partial charge in [-0.15, -0.1) is 0 Å². The highest BCUT2D eigenvalue weighted by Crippen LogP contribution is 2.43. The number of hydrogen-bond acceptors (Lipinski definition) is 1. The number of hydrogen-bond donors (Lipinski definition) is 1. The minimum absolute atomic E-state index is 1.05. The van der Waals surface area contributed by atoms with Crippen molar-refractivity contribution >= 4 is 44.0 Å². The Balaban J connectivity index is 1.16. The van der Waals surface area contributed by atoms with Gasteiger partial charge < -0.3 is 9.88 Å². The van der Waals surface area contributed by atoms with Crippen molar-refractivity contribution in [3.63, 3.8) is 0 Å². The molecule has 0 saturated heterocycles. The van der Waals surface area contributed by atoms with E-state index < -0.39 is 0 Å². The number of anilines is 2. The monoisotopic (exact) mass is 612 g/mol. The molecule has 0 spiro atoms. The van der Waals surface area contributed by atoms with Gasteiger partial charge in [0.2, 0.25) is 0 Å². The summed E-state index contributed by atoms with van der Waals surface area (Å²) in [4.78, 5) is 0. The Morgan fingerprint density at radius 3 is 1.77 bits per heavy atom. The van der Waals surface area contributed by atoms with Crippen LogP contribution in [0, 0.1) is 0 Å². The van der Waals surface area contributed by atoms with E-state index in [-0.39, 0.29) is 0 Å². The van der Waals surface area contributed by atoms with Crippen molar-refractivity contribution in [2.75, 3.05) is 5.32 Å². The average molecular weight is 613 g/mol. The molecule has 2 heteroatoms. The molecule has 0 fully saturated rings. The Morgan fingerprint density at radius 2 is 1.00 bits per heavy atom. The predicted molar refractivity (Wildman–Crippen MR) is 204 cm³/mol. The van der Waals surface area contributed by atoms with Gasteiger partial charge in [0.15, 0.2) is 0 Å². The van der Waals surface area contributed by atoms with Gasteiger partial charge in [-0.05, 0) is 87.1 Å². The van der Waals surface area contributed by atoms with E-state index in [1.165, 1.54) is 66.0 Å². The average Bonchev–Trinajstić information content (AvgIpc) is 3.50. The summed E-state index contributed by atoms with van der Waals surface area (Å²) in [6.07, 6.45) is 0. The maximum atomic E-state index is 3.81. The predicted octanol–water partition coefficient (Wildman–Crippen LogP) is 12.7. The first-order valence-electron chi connectivity index (χ1n) is 16.4. The maximum absolute atomic E-state index is 3.81. The molecule has 0 radical (unpaired) electrons. The lowest BCUT2D eigenvalue weighted by atomic mass is 9.97. The summed E-state index contributed by atoms with van der Waals surface area (Å²) < 4.78 is 2.41. The van der Waals surface area contributed by atoms with Crippen LogP contribution in [0.4, 0.5) is 11.4 Å². The molecule has 1 N–H and O–H groups in total. The Labute approximate surface area is 280 Å². The summed E-state index contributed by atoms with van der Waals surface area (Å²) in [5.41, 5.74) is 12.9. The van der Waals surface area contributed by atoms with Gasteiger partial charge >= 0.3 is 0 Å². The molecule has 2 nitrogen and oxygen atoms in total. The lowest BCUT2D eigenvalue weighted by Gasteiger charge is -2.16. The summed E-state index contributed by atoms with van der Waals surface area (Å²) >= 11 is 0. The lowest BCUT2D eigenvalue weighted by molar-refractivity contribution is 1.19. The third kappa shape index (κ3) is 4.92. The molecule has 48 heavy (non-hydrogen) atoms. The van der Waals surface area contributed by atoms with Crippen LogP contribution in [0.3, 0.4) is 0 Å². The van der Waals surface area contributed by atoms with Crippen LogP contribution in [0.15, 0.2) is 188 Å². The van der Waals surface area contributed by atoms with Gasteiger partial charge in [0.1, 0.15) is 0 Å². The van der Waals surface area contributed by atoms with Gasteiger partial charge in [0.25, 0.3) is 0 Å². The number of nitrogens with zero attached hydrogens (tertiary/aromatic N) is 1. The third-order valence-electron chi connectivity index (χ3n) is 9.36. The largest absolute Gasteiger partial charge is 0.355 e. The number of rotatable bonds is 6. The van der Waals surface area contributed by atoms with E-state index in [0.29, 0.717) is 0 Å². The molecule has 0 saturated carbocycles. The van der Waals surface area contributed by atoms with E-state index in [4.69, 9.17) is 0 Å². The van der Waals surface area contributed by atoms with E-state index in [1.54, 1.807) is 0 Å². The number of para-hydroxylation sites is 1. The van der Waals surface area contributed by atoms with Gasteiger partial charge in [-0.25, -0.2) is 0 Å². The Bertz CT molecular complexity index is 2560. The zero-order valence-corrected chi connectivity index (χ0v) is 26.3. The molecule has 1 heterocycles. The van der Waals surface area contributed by atoms with Crippen LogP contribution in [0.2, 0.25) is 0 Å². The van der Waals surface area contributed by atoms with E-state index in [9.17, 15) is 0 Å². The summed E-state index contributed by atoms with van der Waals surface area (Å²) in [6, 6.07) is 67.4. The second kappa shape index (κ2) is 11.8. The molecule has 0 unspecified atom stereocenters. The minimum atomic E-state index is 1.05. The van der Waals surface area contributed by atoms with Crippen LogP contribution in [-0.2, 0) is 0 Å². The van der Waals surface area contributed by atoms with Crippen LogP contribution in [0.1, 0.15) is 0 Å². The van der Waals surface area contributed by atoms with E-state index >= 15 is 0 Å². The number of fused-ring (bicyclic) bond motifs is 4. The molecule has 0 amide bonds. The van der Waals surface area contributed by atoms with Crippen molar-refractivity contribution in [1.82, 2.24) is 4.57 Å². The van der Waals surface area contributed by atoms with Crippen molar-refractivity contribution in [3.05, 3.63) is 188 Å².